The molecule has 0 saturated heterocycles. The molecule has 0 bridgehead atoms. The summed E-state index contributed by atoms with van der Waals surface area (Å²) >= 11 is 3.53. The van der Waals surface area contributed by atoms with E-state index in [2.05, 4.69) is 46.5 Å². The van der Waals surface area contributed by atoms with E-state index in [4.69, 9.17) is 0 Å². The molecule has 0 aliphatic heterocycles. The van der Waals surface area contributed by atoms with Crippen LogP contribution in [0.5, 0.6) is 0 Å². The standard InChI is InChI=1S/C11H14BrN/c1-5-9-10(12)6-8(2)7-11(9)13(3)4/h5-7H,1H2,2-4H3. The van der Waals surface area contributed by atoms with E-state index < -0.39 is 0 Å². The number of halogens is 1. The van der Waals surface area contributed by atoms with Crippen molar-refractivity contribution in [2.75, 3.05) is 19.0 Å². The highest BCUT2D eigenvalue weighted by Gasteiger charge is 2.06. The molecule has 0 atom stereocenters. The maximum Gasteiger partial charge on any atom is 0.0448 e. The average molecular weight is 240 g/mol. The summed E-state index contributed by atoms with van der Waals surface area (Å²) in [5.74, 6) is 0. The minimum Gasteiger partial charge on any atom is -0.377 e. The smallest absolute Gasteiger partial charge is 0.0448 e. The lowest BCUT2D eigenvalue weighted by Crippen LogP contribution is -2.10. The van der Waals surface area contributed by atoms with Crippen molar-refractivity contribution in [1.29, 1.82) is 0 Å². The normalized spacial score (nSPS) is 9.85. The van der Waals surface area contributed by atoms with Crippen molar-refractivity contribution in [3.8, 4) is 0 Å². The highest BCUT2D eigenvalue weighted by Crippen LogP contribution is 2.29. The van der Waals surface area contributed by atoms with Crippen LogP contribution in [0.4, 0.5) is 5.69 Å². The fourth-order valence-electron chi connectivity index (χ4n) is 1.31. The Labute approximate surface area is 88.2 Å². The van der Waals surface area contributed by atoms with E-state index in [0.29, 0.717) is 0 Å². The van der Waals surface area contributed by atoms with E-state index in [1.807, 2.05) is 20.2 Å². The first-order chi connectivity index (χ1) is 6.06. The van der Waals surface area contributed by atoms with Crippen LogP contribution in [0.25, 0.3) is 6.08 Å². The molecule has 1 rings (SSSR count). The highest BCUT2D eigenvalue weighted by atomic mass is 79.9. The fourth-order valence-corrected chi connectivity index (χ4v) is 2.03. The Hall–Kier alpha value is -0.760. The molecule has 0 fully saturated rings. The van der Waals surface area contributed by atoms with E-state index in [1.54, 1.807) is 0 Å². The molecule has 0 spiro atoms. The van der Waals surface area contributed by atoms with Crippen molar-refractivity contribution in [2.24, 2.45) is 0 Å². The van der Waals surface area contributed by atoms with E-state index in [9.17, 15) is 0 Å². The summed E-state index contributed by atoms with van der Waals surface area (Å²) in [6.45, 7) is 5.90. The largest absolute Gasteiger partial charge is 0.377 e. The Bertz CT molecular complexity index is 329. The van der Waals surface area contributed by atoms with Gasteiger partial charge in [0.1, 0.15) is 0 Å². The molecule has 1 nitrogen and oxygen atoms in total. The predicted octanol–water partition coefficient (Wildman–Crippen LogP) is 3.47. The molecular formula is C11H14BrN. The second kappa shape index (κ2) is 3.97. The van der Waals surface area contributed by atoms with E-state index >= 15 is 0 Å². The summed E-state index contributed by atoms with van der Waals surface area (Å²) in [5.41, 5.74) is 3.60. The van der Waals surface area contributed by atoms with Crippen LogP contribution in [-0.4, -0.2) is 14.1 Å². The van der Waals surface area contributed by atoms with Crippen LogP contribution in [0, 0.1) is 6.92 Å². The van der Waals surface area contributed by atoms with Crippen LogP contribution in [0.15, 0.2) is 23.2 Å². The first-order valence-electron chi connectivity index (χ1n) is 4.16. The molecule has 0 aliphatic carbocycles. The highest BCUT2D eigenvalue weighted by molar-refractivity contribution is 9.10. The quantitative estimate of drug-likeness (QED) is 0.765. The number of anilines is 1. The SMILES string of the molecule is C=Cc1c(Br)cc(C)cc1N(C)C. The van der Waals surface area contributed by atoms with Crippen molar-refractivity contribution in [3.05, 3.63) is 34.3 Å². The second-order valence-corrected chi connectivity index (χ2v) is 4.13. The first kappa shape index (κ1) is 10.3. The lowest BCUT2D eigenvalue weighted by atomic mass is 10.1. The predicted molar refractivity (Wildman–Crippen MR) is 63.3 cm³/mol. The van der Waals surface area contributed by atoms with Crippen molar-refractivity contribution in [1.82, 2.24) is 0 Å². The van der Waals surface area contributed by atoms with Gasteiger partial charge in [0.15, 0.2) is 0 Å². The number of hydrogen-bond donors (Lipinski definition) is 0. The summed E-state index contributed by atoms with van der Waals surface area (Å²) in [5, 5.41) is 0. The molecule has 0 radical (unpaired) electrons. The third-order valence-corrected chi connectivity index (χ3v) is 2.59. The molecular weight excluding hydrogens is 226 g/mol. The second-order valence-electron chi connectivity index (χ2n) is 3.28. The zero-order valence-corrected chi connectivity index (χ0v) is 9.85. The van der Waals surface area contributed by atoms with Gasteiger partial charge in [-0.05, 0) is 24.6 Å². The molecule has 0 unspecified atom stereocenters. The minimum absolute atomic E-state index is 1.10. The summed E-state index contributed by atoms with van der Waals surface area (Å²) in [6, 6.07) is 4.26. The molecule has 0 amide bonds. The van der Waals surface area contributed by atoms with Gasteiger partial charge in [-0.2, -0.15) is 0 Å². The van der Waals surface area contributed by atoms with Gasteiger partial charge in [0, 0.05) is 29.8 Å². The molecule has 0 heterocycles. The van der Waals surface area contributed by atoms with Crippen LogP contribution in [0.3, 0.4) is 0 Å². The molecule has 2 heteroatoms. The summed E-state index contributed by atoms with van der Waals surface area (Å²) in [4.78, 5) is 2.09. The topological polar surface area (TPSA) is 3.24 Å². The van der Waals surface area contributed by atoms with E-state index in [1.165, 1.54) is 11.3 Å². The number of benzene rings is 1. The Kier molecular flexibility index (Phi) is 3.15. The number of aryl methyl sites for hydroxylation is 1. The van der Waals surface area contributed by atoms with Crippen molar-refractivity contribution < 1.29 is 0 Å². The Morgan fingerprint density at radius 2 is 2.00 bits per heavy atom. The third-order valence-electron chi connectivity index (χ3n) is 1.94. The van der Waals surface area contributed by atoms with Gasteiger partial charge < -0.3 is 4.90 Å². The Morgan fingerprint density at radius 1 is 1.38 bits per heavy atom. The lowest BCUT2D eigenvalue weighted by molar-refractivity contribution is 1.12. The molecule has 0 aromatic heterocycles. The Morgan fingerprint density at radius 3 is 2.46 bits per heavy atom. The lowest BCUT2D eigenvalue weighted by Gasteiger charge is -2.17. The monoisotopic (exact) mass is 239 g/mol. The maximum atomic E-state index is 3.81. The third kappa shape index (κ3) is 2.13. The average Bonchev–Trinajstić information content (AvgIpc) is 2.02. The number of nitrogens with zero attached hydrogens (tertiary/aromatic N) is 1. The van der Waals surface area contributed by atoms with Crippen LogP contribution in [0.1, 0.15) is 11.1 Å². The van der Waals surface area contributed by atoms with Crippen LogP contribution >= 0.6 is 15.9 Å². The van der Waals surface area contributed by atoms with Gasteiger partial charge in [0.05, 0.1) is 0 Å². The molecule has 0 saturated carbocycles. The summed E-state index contributed by atoms with van der Waals surface area (Å²) in [6.07, 6.45) is 1.87. The maximum absolute atomic E-state index is 3.81. The van der Waals surface area contributed by atoms with Gasteiger partial charge in [-0.1, -0.05) is 28.6 Å². The van der Waals surface area contributed by atoms with Crippen LogP contribution in [-0.2, 0) is 0 Å². The number of rotatable bonds is 2. The van der Waals surface area contributed by atoms with Gasteiger partial charge in [0.2, 0.25) is 0 Å². The van der Waals surface area contributed by atoms with Crippen molar-refractivity contribution in [2.45, 2.75) is 6.92 Å². The zero-order valence-electron chi connectivity index (χ0n) is 8.26. The molecule has 1 aromatic rings. The van der Waals surface area contributed by atoms with Crippen LogP contribution < -0.4 is 4.90 Å². The molecule has 0 aliphatic rings. The fraction of sp³-hybridized carbons (Fsp3) is 0.273. The zero-order chi connectivity index (χ0) is 10.0. The molecule has 13 heavy (non-hydrogen) atoms. The van der Waals surface area contributed by atoms with Crippen molar-refractivity contribution >= 4 is 27.7 Å². The summed E-state index contributed by atoms with van der Waals surface area (Å²) in [7, 11) is 4.07. The van der Waals surface area contributed by atoms with Gasteiger partial charge >= 0.3 is 0 Å². The molecule has 1 aromatic carbocycles. The Balaban J connectivity index is 3.38. The first-order valence-corrected chi connectivity index (χ1v) is 4.95. The number of hydrogen-bond acceptors (Lipinski definition) is 1. The van der Waals surface area contributed by atoms with Gasteiger partial charge in [-0.25, -0.2) is 0 Å². The van der Waals surface area contributed by atoms with Crippen LogP contribution in [0.2, 0.25) is 0 Å². The van der Waals surface area contributed by atoms with E-state index in [0.717, 1.165) is 10.0 Å². The van der Waals surface area contributed by atoms with E-state index in [-0.39, 0.29) is 0 Å². The van der Waals surface area contributed by atoms with Crippen molar-refractivity contribution in [3.63, 3.8) is 0 Å². The van der Waals surface area contributed by atoms with Gasteiger partial charge in [-0.15, -0.1) is 0 Å². The summed E-state index contributed by atoms with van der Waals surface area (Å²) < 4.78 is 1.10. The molecule has 0 N–H and O–H groups in total. The van der Waals surface area contributed by atoms with Gasteiger partial charge in [-0.3, -0.25) is 0 Å². The molecule has 70 valence electrons. The minimum atomic E-state index is 1.10. The van der Waals surface area contributed by atoms with Gasteiger partial charge in [0.25, 0.3) is 0 Å².